The molecule has 0 saturated carbocycles. The summed E-state index contributed by atoms with van der Waals surface area (Å²) in [5, 5.41) is 4.86. The maximum atomic E-state index is 13.0. The smallest absolute Gasteiger partial charge is 0.261 e. The van der Waals surface area contributed by atoms with Crippen LogP contribution in [0.4, 0.5) is 0 Å². The second-order valence-electron chi connectivity index (χ2n) is 6.69. The second-order valence-corrected chi connectivity index (χ2v) is 7.53. The second kappa shape index (κ2) is 7.32. The summed E-state index contributed by atoms with van der Waals surface area (Å²) >= 11 is 1.59. The highest BCUT2D eigenvalue weighted by Gasteiger charge is 2.33. The summed E-state index contributed by atoms with van der Waals surface area (Å²) in [6, 6.07) is 9.26. The van der Waals surface area contributed by atoms with Crippen LogP contribution < -0.4 is 5.32 Å². The zero-order valence-corrected chi connectivity index (χ0v) is 16.0. The number of rotatable bonds is 4. The van der Waals surface area contributed by atoms with Gasteiger partial charge in [0.2, 0.25) is 5.91 Å². The van der Waals surface area contributed by atoms with Crippen LogP contribution in [0.15, 0.2) is 35.2 Å². The molecule has 2 heterocycles. The lowest BCUT2D eigenvalue weighted by molar-refractivity contribution is -0.131. The maximum absolute atomic E-state index is 13.0. The molecule has 4 rings (SSSR count). The third-order valence-electron chi connectivity index (χ3n) is 5.19. The molecule has 6 nitrogen and oxygen atoms in total. The highest BCUT2D eigenvalue weighted by atomic mass is 32.2. The minimum absolute atomic E-state index is 0.0150. The third kappa shape index (κ3) is 3.11. The van der Waals surface area contributed by atoms with Crippen molar-refractivity contribution in [2.24, 2.45) is 0 Å². The van der Waals surface area contributed by atoms with E-state index in [-0.39, 0.29) is 30.7 Å². The average molecular weight is 383 g/mol. The van der Waals surface area contributed by atoms with Gasteiger partial charge >= 0.3 is 0 Å². The Bertz CT molecular complexity index is 915. The molecule has 0 aliphatic carbocycles. The molecule has 27 heavy (non-hydrogen) atoms. The van der Waals surface area contributed by atoms with Crippen molar-refractivity contribution in [1.29, 1.82) is 0 Å². The standard InChI is InChI=1S/C20H21N3O3S/c1-27-16-6-5-15-18-13(16)3-2-4-14(18)19(25)23(20(15)26)10-7-17(24)22-11-8-21-9-12-22/h2-6,21H,7-12H2,1H3. The molecular formula is C20H21N3O3S. The van der Waals surface area contributed by atoms with Gasteiger partial charge < -0.3 is 10.2 Å². The van der Waals surface area contributed by atoms with Gasteiger partial charge in [0.05, 0.1) is 0 Å². The number of benzene rings is 2. The number of nitrogens with zero attached hydrogens (tertiary/aromatic N) is 2. The van der Waals surface area contributed by atoms with Gasteiger partial charge in [-0.2, -0.15) is 0 Å². The number of hydrogen-bond acceptors (Lipinski definition) is 5. The van der Waals surface area contributed by atoms with Crippen LogP contribution in [0.1, 0.15) is 27.1 Å². The number of thioether (sulfide) groups is 1. The molecule has 2 aromatic rings. The fourth-order valence-corrected chi connectivity index (χ4v) is 4.37. The quantitative estimate of drug-likeness (QED) is 0.646. The topological polar surface area (TPSA) is 69.7 Å². The van der Waals surface area contributed by atoms with E-state index in [2.05, 4.69) is 5.32 Å². The normalized spacial score (nSPS) is 16.9. The van der Waals surface area contributed by atoms with Crippen LogP contribution in [0.5, 0.6) is 0 Å². The fourth-order valence-electron chi connectivity index (χ4n) is 3.78. The van der Waals surface area contributed by atoms with Crippen molar-refractivity contribution in [1.82, 2.24) is 15.1 Å². The van der Waals surface area contributed by atoms with Crippen LogP contribution in [0.2, 0.25) is 0 Å². The molecule has 0 unspecified atom stereocenters. The molecule has 1 fully saturated rings. The Morgan fingerprint density at radius 2 is 1.78 bits per heavy atom. The molecule has 2 aromatic carbocycles. The summed E-state index contributed by atoms with van der Waals surface area (Å²) in [5.74, 6) is -0.646. The van der Waals surface area contributed by atoms with E-state index in [0.717, 1.165) is 28.8 Å². The molecule has 3 amide bonds. The van der Waals surface area contributed by atoms with E-state index < -0.39 is 0 Å². The molecule has 0 spiro atoms. The first kappa shape index (κ1) is 18.0. The molecule has 1 N–H and O–H groups in total. The lowest BCUT2D eigenvalue weighted by atomic mass is 9.94. The number of piperazine rings is 1. The van der Waals surface area contributed by atoms with Crippen LogP contribution in [0, 0.1) is 0 Å². The fraction of sp³-hybridized carbons (Fsp3) is 0.350. The molecule has 1 saturated heterocycles. The van der Waals surface area contributed by atoms with Crippen molar-refractivity contribution in [3.05, 3.63) is 41.5 Å². The number of hydrogen-bond donors (Lipinski definition) is 1. The molecule has 140 valence electrons. The van der Waals surface area contributed by atoms with Crippen molar-refractivity contribution < 1.29 is 14.4 Å². The van der Waals surface area contributed by atoms with E-state index in [0.29, 0.717) is 24.2 Å². The van der Waals surface area contributed by atoms with Crippen LogP contribution in [-0.2, 0) is 4.79 Å². The van der Waals surface area contributed by atoms with Gasteiger partial charge in [-0.1, -0.05) is 12.1 Å². The SMILES string of the molecule is CSc1ccc2c3c(cccc13)C(=O)N(CCC(=O)N1CCNCC1)C2=O. The Hall–Kier alpha value is -2.38. The van der Waals surface area contributed by atoms with Gasteiger partial charge in [-0.25, -0.2) is 0 Å². The first-order valence-electron chi connectivity index (χ1n) is 9.06. The molecular weight excluding hydrogens is 362 g/mol. The Kier molecular flexibility index (Phi) is 4.88. The van der Waals surface area contributed by atoms with Crippen molar-refractivity contribution in [3.8, 4) is 0 Å². The highest BCUT2D eigenvalue weighted by molar-refractivity contribution is 7.98. The van der Waals surface area contributed by atoms with Gasteiger partial charge in [-0.05, 0) is 29.8 Å². The predicted molar refractivity (Wildman–Crippen MR) is 105 cm³/mol. The Morgan fingerprint density at radius 1 is 1.07 bits per heavy atom. The van der Waals surface area contributed by atoms with E-state index >= 15 is 0 Å². The van der Waals surface area contributed by atoms with E-state index in [1.54, 1.807) is 28.8 Å². The van der Waals surface area contributed by atoms with Crippen molar-refractivity contribution in [2.45, 2.75) is 11.3 Å². The maximum Gasteiger partial charge on any atom is 0.261 e. The van der Waals surface area contributed by atoms with Gasteiger partial charge in [-0.15, -0.1) is 11.8 Å². The molecule has 0 atom stereocenters. The summed E-state index contributed by atoms with van der Waals surface area (Å²) in [5.41, 5.74) is 1.07. The minimum atomic E-state index is -0.315. The van der Waals surface area contributed by atoms with Crippen LogP contribution in [-0.4, -0.2) is 66.5 Å². The highest BCUT2D eigenvalue weighted by Crippen LogP contribution is 2.35. The van der Waals surface area contributed by atoms with Crippen LogP contribution >= 0.6 is 11.8 Å². The van der Waals surface area contributed by atoms with Gasteiger partial charge in [0.25, 0.3) is 11.8 Å². The van der Waals surface area contributed by atoms with E-state index in [1.165, 1.54) is 4.90 Å². The van der Waals surface area contributed by atoms with Gasteiger partial charge in [0, 0.05) is 60.6 Å². The summed E-state index contributed by atoms with van der Waals surface area (Å²) in [4.78, 5) is 42.4. The van der Waals surface area contributed by atoms with Crippen LogP contribution in [0.3, 0.4) is 0 Å². The molecule has 7 heteroatoms. The Labute approximate surface area is 161 Å². The van der Waals surface area contributed by atoms with E-state index in [9.17, 15) is 14.4 Å². The number of carbonyl (C=O) groups is 3. The van der Waals surface area contributed by atoms with E-state index in [1.807, 2.05) is 24.5 Å². The van der Waals surface area contributed by atoms with Crippen LogP contribution in [0.25, 0.3) is 10.8 Å². The predicted octanol–water partition coefficient (Wildman–Crippen LogP) is 1.98. The number of imide groups is 1. The minimum Gasteiger partial charge on any atom is -0.340 e. The lowest BCUT2D eigenvalue weighted by Gasteiger charge is -2.30. The molecule has 2 aliphatic rings. The monoisotopic (exact) mass is 383 g/mol. The Balaban J connectivity index is 1.60. The largest absolute Gasteiger partial charge is 0.340 e. The van der Waals surface area contributed by atoms with Gasteiger partial charge in [0.15, 0.2) is 0 Å². The van der Waals surface area contributed by atoms with E-state index in [4.69, 9.17) is 0 Å². The van der Waals surface area contributed by atoms with Crippen molar-refractivity contribution in [2.75, 3.05) is 39.0 Å². The van der Waals surface area contributed by atoms with Gasteiger partial charge in [0.1, 0.15) is 0 Å². The average Bonchev–Trinajstić information content (AvgIpc) is 2.72. The number of nitrogens with one attached hydrogen (secondary N) is 1. The van der Waals surface area contributed by atoms with Gasteiger partial charge in [-0.3, -0.25) is 19.3 Å². The zero-order chi connectivity index (χ0) is 19.0. The summed E-state index contributed by atoms with van der Waals surface area (Å²) in [6.45, 7) is 3.00. The molecule has 0 bridgehead atoms. The van der Waals surface area contributed by atoms with Crippen molar-refractivity contribution in [3.63, 3.8) is 0 Å². The zero-order valence-electron chi connectivity index (χ0n) is 15.2. The summed E-state index contributed by atoms with van der Waals surface area (Å²) in [7, 11) is 0. The lowest BCUT2D eigenvalue weighted by Crippen LogP contribution is -2.48. The van der Waals surface area contributed by atoms with Crippen molar-refractivity contribution >= 4 is 40.3 Å². The summed E-state index contributed by atoms with van der Waals surface area (Å²) in [6.07, 6.45) is 2.14. The molecule has 0 radical (unpaired) electrons. The third-order valence-corrected chi connectivity index (χ3v) is 5.99. The first-order valence-corrected chi connectivity index (χ1v) is 10.3. The number of carbonyl (C=O) groups excluding carboxylic acids is 3. The first-order chi connectivity index (χ1) is 13.1. The molecule has 2 aliphatic heterocycles. The summed E-state index contributed by atoms with van der Waals surface area (Å²) < 4.78 is 0. The Morgan fingerprint density at radius 3 is 2.48 bits per heavy atom. The number of amides is 3. The molecule has 0 aromatic heterocycles.